The molecule has 2 aromatic carbocycles. The Labute approximate surface area is 255 Å². The van der Waals surface area contributed by atoms with Gasteiger partial charge in [0.25, 0.3) is 0 Å². The lowest BCUT2D eigenvalue weighted by Crippen LogP contribution is -2.47. The molecule has 2 aromatic rings. The summed E-state index contributed by atoms with van der Waals surface area (Å²) < 4.78 is 26.9. The van der Waals surface area contributed by atoms with Crippen LogP contribution in [0.5, 0.6) is 5.75 Å². The van der Waals surface area contributed by atoms with Crippen molar-refractivity contribution in [2.75, 3.05) is 0 Å². The normalized spacial score (nSPS) is 18.7. The van der Waals surface area contributed by atoms with Crippen molar-refractivity contribution in [3.05, 3.63) is 89.3 Å². The Morgan fingerprint density at radius 1 is 0.930 bits per heavy atom. The minimum Gasteiger partial charge on any atom is -0.548 e. The van der Waals surface area contributed by atoms with Crippen LogP contribution in [0.2, 0.25) is 0 Å². The standard InChI is InChI=1S/C36H45FO6/c1-5-6-7-8-9-10-11-16-33(38)43-29-19-17-27(18-20-29)28-21-22-36(35(40)41,32(37)24-28)31-15-13-12-14-30(31)34(39)42-26(4)23-25(2)3/h12-15,17-22,24-26,28H,5-11,16,23H2,1-4H3,(H,40,41)/p-1. The van der Waals surface area contributed by atoms with Crippen molar-refractivity contribution >= 4 is 17.9 Å². The molecule has 0 fully saturated rings. The van der Waals surface area contributed by atoms with Crippen molar-refractivity contribution in [2.45, 2.75) is 103 Å². The quantitative estimate of drug-likeness (QED) is 0.0868. The molecular weight excluding hydrogens is 547 g/mol. The van der Waals surface area contributed by atoms with E-state index < -0.39 is 35.2 Å². The van der Waals surface area contributed by atoms with E-state index in [9.17, 15) is 19.5 Å². The molecule has 0 N–H and O–H groups in total. The molecule has 3 atom stereocenters. The summed E-state index contributed by atoms with van der Waals surface area (Å²) in [7, 11) is 0. The molecule has 0 aliphatic heterocycles. The second-order valence-electron chi connectivity index (χ2n) is 11.8. The highest BCUT2D eigenvalue weighted by atomic mass is 19.1. The number of esters is 2. The van der Waals surface area contributed by atoms with Crippen LogP contribution in [0.1, 0.15) is 113 Å². The number of carboxylic acids is 1. The van der Waals surface area contributed by atoms with Crippen LogP contribution >= 0.6 is 0 Å². The van der Waals surface area contributed by atoms with Gasteiger partial charge in [0.15, 0.2) is 0 Å². The SMILES string of the molecule is CCCCCCCCCC(=O)Oc1ccc(C2C=CC(C(=O)[O-])(c3ccccc3C(=O)OC(C)CC(C)C)C(F)=C2)cc1. The van der Waals surface area contributed by atoms with Gasteiger partial charge in [0.1, 0.15) is 17.0 Å². The van der Waals surface area contributed by atoms with E-state index in [1.54, 1.807) is 49.4 Å². The molecule has 0 saturated carbocycles. The number of carbonyl (C=O) groups excluding carboxylic acids is 3. The maximum absolute atomic E-state index is 15.9. The summed E-state index contributed by atoms with van der Waals surface area (Å²) in [4.78, 5) is 37.8. The number of aliphatic carboxylic acids is 1. The molecule has 7 heteroatoms. The van der Waals surface area contributed by atoms with Crippen molar-refractivity contribution < 1.29 is 33.4 Å². The number of unbranched alkanes of at least 4 members (excludes halogenated alkanes) is 6. The third-order valence-corrected chi connectivity index (χ3v) is 7.74. The van der Waals surface area contributed by atoms with Gasteiger partial charge < -0.3 is 19.4 Å². The van der Waals surface area contributed by atoms with Crippen molar-refractivity contribution in [3.8, 4) is 5.75 Å². The van der Waals surface area contributed by atoms with Gasteiger partial charge >= 0.3 is 11.9 Å². The summed E-state index contributed by atoms with van der Waals surface area (Å²) >= 11 is 0. The predicted molar refractivity (Wildman–Crippen MR) is 163 cm³/mol. The number of rotatable bonds is 16. The summed E-state index contributed by atoms with van der Waals surface area (Å²) in [5, 5.41) is 12.5. The van der Waals surface area contributed by atoms with E-state index in [-0.39, 0.29) is 17.1 Å². The summed E-state index contributed by atoms with van der Waals surface area (Å²) in [5.74, 6) is -3.54. The minimum atomic E-state index is -2.28. The summed E-state index contributed by atoms with van der Waals surface area (Å²) in [6.45, 7) is 7.96. The van der Waals surface area contributed by atoms with E-state index in [4.69, 9.17) is 9.47 Å². The fourth-order valence-electron chi connectivity index (χ4n) is 5.50. The minimum absolute atomic E-state index is 0.0309. The third-order valence-electron chi connectivity index (χ3n) is 7.74. The van der Waals surface area contributed by atoms with Crippen molar-refractivity contribution in [2.24, 2.45) is 5.92 Å². The first kappa shape index (κ1) is 33.8. The lowest BCUT2D eigenvalue weighted by Gasteiger charge is -2.35. The Bertz CT molecular complexity index is 1300. The Balaban J connectivity index is 1.70. The van der Waals surface area contributed by atoms with E-state index in [0.29, 0.717) is 30.1 Å². The highest BCUT2D eigenvalue weighted by molar-refractivity contribution is 5.97. The predicted octanol–water partition coefficient (Wildman–Crippen LogP) is 7.52. The molecule has 3 rings (SSSR count). The lowest BCUT2D eigenvalue weighted by atomic mass is 9.72. The smallest absolute Gasteiger partial charge is 0.338 e. The first-order chi connectivity index (χ1) is 20.6. The molecule has 1 aliphatic rings. The van der Waals surface area contributed by atoms with Crippen LogP contribution in [0.25, 0.3) is 0 Å². The van der Waals surface area contributed by atoms with Crippen LogP contribution in [0.3, 0.4) is 0 Å². The molecule has 0 heterocycles. The zero-order valence-electron chi connectivity index (χ0n) is 25.8. The molecule has 0 aromatic heterocycles. The third kappa shape index (κ3) is 9.12. The highest BCUT2D eigenvalue weighted by Crippen LogP contribution is 2.42. The first-order valence-electron chi connectivity index (χ1n) is 15.5. The zero-order valence-corrected chi connectivity index (χ0v) is 25.8. The number of allylic oxidation sites excluding steroid dienone is 2. The fraction of sp³-hybridized carbons (Fsp3) is 0.472. The maximum atomic E-state index is 15.9. The second kappa shape index (κ2) is 16.2. The summed E-state index contributed by atoms with van der Waals surface area (Å²) in [6, 6.07) is 12.7. The maximum Gasteiger partial charge on any atom is 0.338 e. The van der Waals surface area contributed by atoms with Crippen LogP contribution < -0.4 is 9.84 Å². The number of carbonyl (C=O) groups is 3. The molecule has 0 saturated heterocycles. The molecule has 3 unspecified atom stereocenters. The monoisotopic (exact) mass is 591 g/mol. The van der Waals surface area contributed by atoms with E-state index in [0.717, 1.165) is 19.3 Å². The van der Waals surface area contributed by atoms with Crippen molar-refractivity contribution in [1.82, 2.24) is 0 Å². The highest BCUT2D eigenvalue weighted by Gasteiger charge is 2.42. The molecule has 43 heavy (non-hydrogen) atoms. The van der Waals surface area contributed by atoms with Gasteiger partial charge in [-0.2, -0.15) is 0 Å². The average molecular weight is 592 g/mol. The van der Waals surface area contributed by atoms with Gasteiger partial charge in [-0.3, -0.25) is 4.79 Å². The van der Waals surface area contributed by atoms with E-state index in [1.165, 1.54) is 50.0 Å². The molecule has 232 valence electrons. The fourth-order valence-corrected chi connectivity index (χ4v) is 5.50. The van der Waals surface area contributed by atoms with E-state index >= 15 is 4.39 Å². The number of benzene rings is 2. The van der Waals surface area contributed by atoms with Crippen molar-refractivity contribution in [3.63, 3.8) is 0 Å². The zero-order chi connectivity index (χ0) is 31.4. The van der Waals surface area contributed by atoms with E-state index in [1.807, 2.05) is 13.8 Å². The molecular formula is C36H44FO6-. The molecule has 6 nitrogen and oxygen atoms in total. The number of hydrogen-bond acceptors (Lipinski definition) is 6. The number of ether oxygens (including phenoxy) is 2. The van der Waals surface area contributed by atoms with Gasteiger partial charge in [-0.05, 0) is 61.1 Å². The second-order valence-corrected chi connectivity index (χ2v) is 11.8. The Morgan fingerprint density at radius 3 is 2.21 bits per heavy atom. The number of halogens is 1. The molecule has 0 bridgehead atoms. The first-order valence-corrected chi connectivity index (χ1v) is 15.5. The van der Waals surface area contributed by atoms with Gasteiger partial charge in [0.2, 0.25) is 0 Å². The van der Waals surface area contributed by atoms with Gasteiger partial charge in [-0.1, -0.05) is 102 Å². The Kier molecular flexibility index (Phi) is 12.7. The Morgan fingerprint density at radius 2 is 1.58 bits per heavy atom. The number of carboxylic acid groups (broad SMARTS) is 1. The van der Waals surface area contributed by atoms with Gasteiger partial charge in [-0.25, -0.2) is 9.18 Å². The van der Waals surface area contributed by atoms with E-state index in [2.05, 4.69) is 6.92 Å². The van der Waals surface area contributed by atoms with Gasteiger partial charge in [0.05, 0.1) is 17.6 Å². The molecule has 0 radical (unpaired) electrons. The number of hydrogen-bond donors (Lipinski definition) is 0. The van der Waals surface area contributed by atoms with Gasteiger partial charge in [0, 0.05) is 12.3 Å². The summed E-state index contributed by atoms with van der Waals surface area (Å²) in [5.41, 5.74) is -1.68. The largest absolute Gasteiger partial charge is 0.548 e. The molecule has 0 amide bonds. The van der Waals surface area contributed by atoms with Crippen LogP contribution in [-0.4, -0.2) is 24.0 Å². The molecule has 0 spiro atoms. The van der Waals surface area contributed by atoms with Gasteiger partial charge in [-0.15, -0.1) is 0 Å². The van der Waals surface area contributed by atoms with Crippen LogP contribution in [0, 0.1) is 5.92 Å². The average Bonchev–Trinajstić information content (AvgIpc) is 2.96. The van der Waals surface area contributed by atoms with Crippen LogP contribution in [0.15, 0.2) is 72.6 Å². The summed E-state index contributed by atoms with van der Waals surface area (Å²) in [6.07, 6.45) is 12.4. The topological polar surface area (TPSA) is 92.7 Å². The Hall–Kier alpha value is -3.74. The van der Waals surface area contributed by atoms with Crippen LogP contribution in [0.4, 0.5) is 4.39 Å². The lowest BCUT2D eigenvalue weighted by molar-refractivity contribution is -0.310. The molecule has 1 aliphatic carbocycles. The van der Waals surface area contributed by atoms with Crippen molar-refractivity contribution in [1.29, 1.82) is 0 Å². The van der Waals surface area contributed by atoms with Crippen LogP contribution in [-0.2, 0) is 19.7 Å².